The minimum atomic E-state index is -0.454. The molecular formula is C14H20ClN3O3. The van der Waals surface area contributed by atoms with E-state index in [1.165, 1.54) is 12.1 Å². The number of nitro benzene ring substituents is 1. The summed E-state index contributed by atoms with van der Waals surface area (Å²) in [5, 5.41) is 21.0. The second-order valence-electron chi connectivity index (χ2n) is 5.77. The van der Waals surface area contributed by atoms with Crippen molar-refractivity contribution >= 4 is 17.3 Å². The number of hydrogen-bond acceptors (Lipinski definition) is 5. The maximum atomic E-state index is 10.7. The van der Waals surface area contributed by atoms with Gasteiger partial charge in [-0.1, -0.05) is 11.6 Å². The quantitative estimate of drug-likeness (QED) is 0.662. The molecule has 0 bridgehead atoms. The Balaban J connectivity index is 2.11. The minimum absolute atomic E-state index is 0.00459. The van der Waals surface area contributed by atoms with Gasteiger partial charge in [0.05, 0.1) is 16.0 Å². The van der Waals surface area contributed by atoms with Crippen molar-refractivity contribution in [2.24, 2.45) is 0 Å². The topological polar surface area (TPSA) is 69.8 Å². The van der Waals surface area contributed by atoms with Crippen LogP contribution in [0.15, 0.2) is 18.2 Å². The molecular weight excluding hydrogens is 294 g/mol. The zero-order chi connectivity index (χ0) is 15.6. The Bertz CT molecular complexity index is 524. The van der Waals surface area contributed by atoms with Crippen molar-refractivity contribution < 1.29 is 10.0 Å². The first kappa shape index (κ1) is 16.2. The lowest BCUT2D eigenvalue weighted by atomic mass is 10.1. The number of nitrogens with zero attached hydrogens (tertiary/aromatic N) is 3. The molecule has 0 spiro atoms. The Labute approximate surface area is 129 Å². The van der Waals surface area contributed by atoms with E-state index in [4.69, 9.17) is 11.6 Å². The fourth-order valence-corrected chi connectivity index (χ4v) is 2.99. The van der Waals surface area contributed by atoms with Crippen LogP contribution >= 0.6 is 11.6 Å². The fraction of sp³-hybridized carbons (Fsp3) is 0.571. The number of non-ortho nitro benzene ring substituents is 1. The first-order valence-corrected chi connectivity index (χ1v) is 7.24. The number of hydrogen-bond donors (Lipinski definition) is 1. The predicted molar refractivity (Wildman–Crippen MR) is 81.5 cm³/mol. The number of β-amino-alcohol motifs (C(OH)–C–C–N with tert-alkyl or cyclic N) is 1. The second kappa shape index (κ2) is 6.70. The van der Waals surface area contributed by atoms with Crippen molar-refractivity contribution in [3.8, 4) is 0 Å². The molecule has 1 N–H and O–H groups in total. The molecule has 21 heavy (non-hydrogen) atoms. The molecule has 1 aliphatic rings. The summed E-state index contributed by atoms with van der Waals surface area (Å²) in [4.78, 5) is 14.5. The summed E-state index contributed by atoms with van der Waals surface area (Å²) in [7, 11) is 4.00. The van der Waals surface area contributed by atoms with E-state index in [-0.39, 0.29) is 17.8 Å². The van der Waals surface area contributed by atoms with Crippen molar-refractivity contribution in [3.05, 3.63) is 38.9 Å². The predicted octanol–water partition coefficient (Wildman–Crippen LogP) is 1.74. The molecule has 2 rings (SSSR count). The van der Waals surface area contributed by atoms with Gasteiger partial charge in [0.1, 0.15) is 0 Å². The average molecular weight is 314 g/mol. The van der Waals surface area contributed by atoms with Crippen LogP contribution in [0.1, 0.15) is 12.0 Å². The molecule has 2 unspecified atom stereocenters. The Morgan fingerprint density at radius 1 is 1.52 bits per heavy atom. The van der Waals surface area contributed by atoms with Crippen LogP contribution in [0.2, 0.25) is 5.02 Å². The average Bonchev–Trinajstić information content (AvgIpc) is 2.70. The van der Waals surface area contributed by atoms with Crippen LogP contribution in [-0.4, -0.2) is 59.2 Å². The van der Waals surface area contributed by atoms with Crippen LogP contribution in [-0.2, 0) is 6.54 Å². The van der Waals surface area contributed by atoms with Crippen LogP contribution < -0.4 is 0 Å². The molecule has 1 aliphatic heterocycles. The van der Waals surface area contributed by atoms with Crippen LogP contribution in [0.3, 0.4) is 0 Å². The third kappa shape index (κ3) is 4.14. The summed E-state index contributed by atoms with van der Waals surface area (Å²) in [6.07, 6.45) is 0.412. The maximum absolute atomic E-state index is 10.7. The monoisotopic (exact) mass is 313 g/mol. The molecule has 1 heterocycles. The first-order chi connectivity index (χ1) is 9.86. The Kier molecular flexibility index (Phi) is 5.16. The standard InChI is InChI=1S/C14H20ClN3O3/c1-16(2)8-12-5-13(19)9-17(12)7-10-3-4-11(18(20)21)6-14(10)15/h3-4,6,12-13,19H,5,7-9H2,1-2H3. The number of aliphatic hydroxyl groups is 1. The molecule has 6 nitrogen and oxygen atoms in total. The number of nitro groups is 1. The van der Waals surface area contributed by atoms with E-state index in [1.54, 1.807) is 6.07 Å². The van der Waals surface area contributed by atoms with Gasteiger partial charge < -0.3 is 10.0 Å². The van der Waals surface area contributed by atoms with Gasteiger partial charge in [0.15, 0.2) is 0 Å². The summed E-state index contributed by atoms with van der Waals surface area (Å²) in [5.41, 5.74) is 0.843. The second-order valence-corrected chi connectivity index (χ2v) is 6.18. The lowest BCUT2D eigenvalue weighted by Gasteiger charge is -2.26. The molecule has 0 aliphatic carbocycles. The lowest BCUT2D eigenvalue weighted by Crippen LogP contribution is -2.37. The van der Waals surface area contributed by atoms with E-state index in [9.17, 15) is 15.2 Å². The molecule has 1 aromatic rings. The highest BCUT2D eigenvalue weighted by Gasteiger charge is 2.31. The van der Waals surface area contributed by atoms with Crippen LogP contribution in [0, 0.1) is 10.1 Å². The Hall–Kier alpha value is -1.21. The summed E-state index contributed by atoms with van der Waals surface area (Å²) in [6, 6.07) is 4.80. The van der Waals surface area contributed by atoms with Crippen molar-refractivity contribution in [2.75, 3.05) is 27.2 Å². The first-order valence-electron chi connectivity index (χ1n) is 6.86. The van der Waals surface area contributed by atoms with Gasteiger partial charge in [-0.15, -0.1) is 0 Å². The van der Waals surface area contributed by atoms with Gasteiger partial charge >= 0.3 is 0 Å². The number of aliphatic hydroxyl groups excluding tert-OH is 1. The van der Waals surface area contributed by atoms with E-state index in [1.807, 2.05) is 14.1 Å². The highest BCUT2D eigenvalue weighted by Crippen LogP contribution is 2.27. The number of rotatable bonds is 5. The Morgan fingerprint density at radius 2 is 2.24 bits per heavy atom. The number of halogens is 1. The molecule has 1 saturated heterocycles. The minimum Gasteiger partial charge on any atom is -0.392 e. The molecule has 116 valence electrons. The zero-order valence-electron chi connectivity index (χ0n) is 12.2. The molecule has 2 atom stereocenters. The largest absolute Gasteiger partial charge is 0.392 e. The number of benzene rings is 1. The van der Waals surface area contributed by atoms with Crippen molar-refractivity contribution in [3.63, 3.8) is 0 Å². The number of likely N-dealkylation sites (N-methyl/N-ethyl adjacent to an activating group) is 1. The van der Waals surface area contributed by atoms with Crippen LogP contribution in [0.25, 0.3) is 0 Å². The van der Waals surface area contributed by atoms with Gasteiger partial charge in [0.2, 0.25) is 0 Å². The summed E-state index contributed by atoms with van der Waals surface area (Å²) in [6.45, 7) is 2.06. The van der Waals surface area contributed by atoms with Gasteiger partial charge in [-0.2, -0.15) is 0 Å². The molecule has 7 heteroatoms. The van der Waals surface area contributed by atoms with Gasteiger partial charge in [0, 0.05) is 37.8 Å². The molecule has 0 aromatic heterocycles. The third-order valence-corrected chi connectivity index (χ3v) is 4.05. The summed E-state index contributed by atoms with van der Waals surface area (Å²) >= 11 is 6.14. The van der Waals surface area contributed by atoms with E-state index >= 15 is 0 Å². The van der Waals surface area contributed by atoms with Crippen molar-refractivity contribution in [2.45, 2.75) is 25.1 Å². The van der Waals surface area contributed by atoms with Crippen LogP contribution in [0.5, 0.6) is 0 Å². The van der Waals surface area contributed by atoms with E-state index in [0.29, 0.717) is 18.1 Å². The van der Waals surface area contributed by atoms with E-state index in [2.05, 4.69) is 9.80 Å². The maximum Gasteiger partial charge on any atom is 0.270 e. The lowest BCUT2D eigenvalue weighted by molar-refractivity contribution is -0.384. The molecule has 0 saturated carbocycles. The molecule has 1 aromatic carbocycles. The van der Waals surface area contributed by atoms with Gasteiger partial charge in [-0.25, -0.2) is 0 Å². The number of likely N-dealkylation sites (tertiary alicyclic amines) is 1. The van der Waals surface area contributed by atoms with Gasteiger partial charge in [-0.05, 0) is 32.1 Å². The van der Waals surface area contributed by atoms with Gasteiger partial charge in [0.25, 0.3) is 5.69 Å². The Morgan fingerprint density at radius 3 is 2.81 bits per heavy atom. The smallest absolute Gasteiger partial charge is 0.270 e. The van der Waals surface area contributed by atoms with Crippen molar-refractivity contribution in [1.82, 2.24) is 9.80 Å². The molecule has 0 radical (unpaired) electrons. The van der Waals surface area contributed by atoms with E-state index in [0.717, 1.165) is 18.5 Å². The fourth-order valence-electron chi connectivity index (χ4n) is 2.76. The zero-order valence-corrected chi connectivity index (χ0v) is 13.0. The highest BCUT2D eigenvalue weighted by molar-refractivity contribution is 6.31. The SMILES string of the molecule is CN(C)CC1CC(O)CN1Cc1ccc([N+](=O)[O-])cc1Cl. The molecule has 0 amide bonds. The molecule has 1 fully saturated rings. The van der Waals surface area contributed by atoms with Crippen molar-refractivity contribution in [1.29, 1.82) is 0 Å². The summed E-state index contributed by atoms with van der Waals surface area (Å²) in [5.74, 6) is 0. The third-order valence-electron chi connectivity index (χ3n) is 3.70. The van der Waals surface area contributed by atoms with Gasteiger partial charge in [-0.3, -0.25) is 15.0 Å². The highest BCUT2D eigenvalue weighted by atomic mass is 35.5. The normalized spacial score (nSPS) is 22.9. The van der Waals surface area contributed by atoms with Crippen LogP contribution in [0.4, 0.5) is 5.69 Å². The van der Waals surface area contributed by atoms with E-state index < -0.39 is 4.92 Å². The summed E-state index contributed by atoms with van der Waals surface area (Å²) < 4.78 is 0.